The molecule has 0 saturated heterocycles. The lowest BCUT2D eigenvalue weighted by molar-refractivity contribution is 0.00557. The summed E-state index contributed by atoms with van der Waals surface area (Å²) in [7, 11) is 1.62. The SMILES string of the molecule is COc1ccccc1COC[C@@H](O)CN(Cc1ccco1)Cc1ccccc1O. The second kappa shape index (κ2) is 10.7. The highest BCUT2D eigenvalue weighted by Gasteiger charge is 2.16. The number of phenols is 1. The van der Waals surface area contributed by atoms with E-state index in [9.17, 15) is 10.2 Å². The Morgan fingerprint density at radius 3 is 2.45 bits per heavy atom. The second-order valence-electron chi connectivity index (χ2n) is 6.86. The summed E-state index contributed by atoms with van der Waals surface area (Å²) in [4.78, 5) is 2.02. The third kappa shape index (κ3) is 6.35. The third-order valence-electron chi connectivity index (χ3n) is 4.57. The predicted octanol–water partition coefficient (Wildman–Crippen LogP) is 3.57. The fraction of sp³-hybridized carbons (Fsp3) is 0.304. The van der Waals surface area contributed by atoms with Gasteiger partial charge in [-0.3, -0.25) is 4.90 Å². The summed E-state index contributed by atoms with van der Waals surface area (Å²) in [6, 6.07) is 18.6. The van der Waals surface area contributed by atoms with Gasteiger partial charge in [-0.25, -0.2) is 0 Å². The number of ether oxygens (including phenoxy) is 2. The largest absolute Gasteiger partial charge is 0.508 e. The summed E-state index contributed by atoms with van der Waals surface area (Å²) in [5.74, 6) is 1.79. The molecule has 154 valence electrons. The molecule has 0 amide bonds. The number of rotatable bonds is 11. The van der Waals surface area contributed by atoms with E-state index in [1.807, 2.05) is 53.4 Å². The van der Waals surface area contributed by atoms with E-state index in [0.717, 1.165) is 22.6 Å². The van der Waals surface area contributed by atoms with Crippen molar-refractivity contribution in [3.8, 4) is 11.5 Å². The fourth-order valence-electron chi connectivity index (χ4n) is 3.17. The summed E-state index contributed by atoms with van der Waals surface area (Å²) in [6.07, 6.45) is 0.936. The number of hydrogen-bond donors (Lipinski definition) is 2. The molecule has 3 aromatic rings. The highest BCUT2D eigenvalue weighted by atomic mass is 16.5. The number of aromatic hydroxyl groups is 1. The average molecular weight is 397 g/mol. The smallest absolute Gasteiger partial charge is 0.124 e. The van der Waals surface area contributed by atoms with Crippen molar-refractivity contribution in [2.24, 2.45) is 0 Å². The molecule has 6 nitrogen and oxygen atoms in total. The van der Waals surface area contributed by atoms with Gasteiger partial charge in [0.15, 0.2) is 0 Å². The predicted molar refractivity (Wildman–Crippen MR) is 110 cm³/mol. The highest BCUT2D eigenvalue weighted by molar-refractivity contribution is 5.32. The van der Waals surface area contributed by atoms with Crippen LogP contribution in [0.3, 0.4) is 0 Å². The Bertz CT molecular complexity index is 865. The Morgan fingerprint density at radius 2 is 1.72 bits per heavy atom. The highest BCUT2D eigenvalue weighted by Crippen LogP contribution is 2.20. The van der Waals surface area contributed by atoms with Gasteiger partial charge in [-0.1, -0.05) is 36.4 Å². The Morgan fingerprint density at radius 1 is 0.966 bits per heavy atom. The molecule has 2 N–H and O–H groups in total. The molecule has 1 aromatic heterocycles. The normalized spacial score (nSPS) is 12.2. The molecule has 1 atom stereocenters. The zero-order valence-electron chi connectivity index (χ0n) is 16.5. The van der Waals surface area contributed by atoms with Gasteiger partial charge in [0, 0.05) is 24.2 Å². The van der Waals surface area contributed by atoms with Crippen LogP contribution >= 0.6 is 0 Å². The Kier molecular flexibility index (Phi) is 7.69. The number of furan rings is 1. The van der Waals surface area contributed by atoms with Gasteiger partial charge in [0.05, 0.1) is 39.2 Å². The monoisotopic (exact) mass is 397 g/mol. The number of para-hydroxylation sites is 2. The number of aliphatic hydroxyl groups excluding tert-OH is 1. The zero-order valence-corrected chi connectivity index (χ0v) is 16.5. The zero-order chi connectivity index (χ0) is 20.5. The van der Waals surface area contributed by atoms with Crippen molar-refractivity contribution in [1.29, 1.82) is 0 Å². The summed E-state index contributed by atoms with van der Waals surface area (Å²) in [5.41, 5.74) is 1.73. The quantitative estimate of drug-likeness (QED) is 0.515. The lowest BCUT2D eigenvalue weighted by atomic mass is 10.1. The van der Waals surface area contributed by atoms with E-state index >= 15 is 0 Å². The molecule has 29 heavy (non-hydrogen) atoms. The van der Waals surface area contributed by atoms with Crippen LogP contribution in [0.2, 0.25) is 0 Å². The molecule has 0 saturated carbocycles. The molecule has 0 fully saturated rings. The number of phenolic OH excluding ortho intramolecular Hbond substituents is 1. The van der Waals surface area contributed by atoms with Crippen LogP contribution in [0.5, 0.6) is 11.5 Å². The van der Waals surface area contributed by atoms with Crippen LogP contribution in [0.4, 0.5) is 0 Å². The van der Waals surface area contributed by atoms with Crippen LogP contribution in [0.15, 0.2) is 71.3 Å². The Labute approximate surface area is 170 Å². The first-order chi connectivity index (χ1) is 14.2. The summed E-state index contributed by atoms with van der Waals surface area (Å²) in [5, 5.41) is 20.6. The van der Waals surface area contributed by atoms with Gasteiger partial charge in [0.1, 0.15) is 17.3 Å². The van der Waals surface area contributed by atoms with E-state index in [4.69, 9.17) is 13.9 Å². The van der Waals surface area contributed by atoms with Crippen molar-refractivity contribution >= 4 is 0 Å². The molecule has 0 spiro atoms. The molecule has 0 aliphatic rings. The van der Waals surface area contributed by atoms with Crippen molar-refractivity contribution < 1.29 is 24.1 Å². The average Bonchev–Trinajstić information content (AvgIpc) is 3.23. The van der Waals surface area contributed by atoms with Gasteiger partial charge in [-0.15, -0.1) is 0 Å². The standard InChI is InChI=1S/C23H27NO5/c1-27-23-11-5-3-8-19(23)16-28-17-20(25)14-24(15-21-9-6-12-29-21)13-18-7-2-4-10-22(18)26/h2-12,20,25-26H,13-17H2,1H3/t20-/m0/s1. The fourth-order valence-corrected chi connectivity index (χ4v) is 3.17. The minimum atomic E-state index is -0.689. The van der Waals surface area contributed by atoms with E-state index < -0.39 is 6.10 Å². The van der Waals surface area contributed by atoms with Gasteiger partial charge in [-0.2, -0.15) is 0 Å². The van der Waals surface area contributed by atoms with Crippen LogP contribution in [0.1, 0.15) is 16.9 Å². The second-order valence-corrected chi connectivity index (χ2v) is 6.86. The molecule has 0 bridgehead atoms. The molecule has 0 unspecified atom stereocenters. The number of aliphatic hydroxyl groups is 1. The lowest BCUT2D eigenvalue weighted by Crippen LogP contribution is -2.34. The first-order valence-electron chi connectivity index (χ1n) is 9.55. The van der Waals surface area contributed by atoms with Crippen molar-refractivity contribution in [3.63, 3.8) is 0 Å². The lowest BCUT2D eigenvalue weighted by Gasteiger charge is -2.24. The van der Waals surface area contributed by atoms with Crippen molar-refractivity contribution in [2.45, 2.75) is 25.8 Å². The van der Waals surface area contributed by atoms with Crippen LogP contribution in [0, 0.1) is 0 Å². The van der Waals surface area contributed by atoms with Crippen LogP contribution in [-0.4, -0.2) is 41.5 Å². The minimum absolute atomic E-state index is 0.188. The van der Waals surface area contributed by atoms with Gasteiger partial charge >= 0.3 is 0 Å². The van der Waals surface area contributed by atoms with E-state index in [2.05, 4.69) is 0 Å². The van der Waals surface area contributed by atoms with Gasteiger partial charge < -0.3 is 24.1 Å². The number of nitrogens with zero attached hydrogens (tertiary/aromatic N) is 1. The molecule has 3 rings (SSSR count). The minimum Gasteiger partial charge on any atom is -0.508 e. The Hall–Kier alpha value is -2.80. The summed E-state index contributed by atoms with van der Waals surface area (Å²) >= 11 is 0. The molecular formula is C23H27NO5. The maximum Gasteiger partial charge on any atom is 0.124 e. The van der Waals surface area contributed by atoms with Crippen molar-refractivity contribution in [2.75, 3.05) is 20.3 Å². The van der Waals surface area contributed by atoms with Gasteiger partial charge in [-0.05, 0) is 24.3 Å². The maximum absolute atomic E-state index is 10.5. The molecule has 0 aliphatic heterocycles. The molecule has 0 radical (unpaired) electrons. The van der Waals surface area contributed by atoms with Crippen molar-refractivity contribution in [1.82, 2.24) is 4.90 Å². The Balaban J connectivity index is 1.57. The van der Waals surface area contributed by atoms with E-state index in [-0.39, 0.29) is 12.4 Å². The topological polar surface area (TPSA) is 75.3 Å². The molecule has 0 aliphatic carbocycles. The number of methoxy groups -OCH3 is 1. The summed E-state index contributed by atoms with van der Waals surface area (Å²) in [6.45, 7) is 1.93. The number of hydrogen-bond acceptors (Lipinski definition) is 6. The van der Waals surface area contributed by atoms with Crippen LogP contribution < -0.4 is 4.74 Å². The first-order valence-corrected chi connectivity index (χ1v) is 9.55. The van der Waals surface area contributed by atoms with Gasteiger partial charge in [0.2, 0.25) is 0 Å². The van der Waals surface area contributed by atoms with Crippen LogP contribution in [-0.2, 0) is 24.4 Å². The molecule has 1 heterocycles. The van der Waals surface area contributed by atoms with Gasteiger partial charge in [0.25, 0.3) is 0 Å². The van der Waals surface area contributed by atoms with Crippen molar-refractivity contribution in [3.05, 3.63) is 83.8 Å². The van der Waals surface area contributed by atoms with Crippen LogP contribution in [0.25, 0.3) is 0 Å². The van der Waals surface area contributed by atoms with E-state index in [1.54, 1.807) is 25.5 Å². The first kappa shape index (κ1) is 20.9. The maximum atomic E-state index is 10.5. The van der Waals surface area contributed by atoms with E-state index in [1.165, 1.54) is 0 Å². The summed E-state index contributed by atoms with van der Waals surface area (Å²) < 4.78 is 16.5. The third-order valence-corrected chi connectivity index (χ3v) is 4.57. The van der Waals surface area contributed by atoms with E-state index in [0.29, 0.717) is 26.2 Å². The molecule has 2 aromatic carbocycles. The number of benzene rings is 2. The molecular weight excluding hydrogens is 370 g/mol. The molecule has 6 heteroatoms.